The summed E-state index contributed by atoms with van der Waals surface area (Å²) in [5.74, 6) is -2.04. The van der Waals surface area contributed by atoms with Gasteiger partial charge in [0.1, 0.15) is 5.82 Å². The van der Waals surface area contributed by atoms with Crippen molar-refractivity contribution in [2.75, 3.05) is 5.32 Å². The molecule has 2 rings (SSSR count). The van der Waals surface area contributed by atoms with Crippen molar-refractivity contribution in [2.24, 2.45) is 0 Å². The fourth-order valence-electron chi connectivity index (χ4n) is 2.12. The van der Waals surface area contributed by atoms with E-state index in [4.69, 9.17) is 0 Å². The molecule has 0 saturated heterocycles. The molecule has 0 aliphatic carbocycles. The van der Waals surface area contributed by atoms with E-state index in [1.807, 2.05) is 32.0 Å². The van der Waals surface area contributed by atoms with Gasteiger partial charge in [-0.05, 0) is 30.5 Å². The van der Waals surface area contributed by atoms with E-state index in [2.05, 4.69) is 5.32 Å². The lowest BCUT2D eigenvalue weighted by Gasteiger charge is -2.12. The highest BCUT2D eigenvalue weighted by molar-refractivity contribution is 5.53. The van der Waals surface area contributed by atoms with Crippen molar-refractivity contribution in [1.82, 2.24) is 0 Å². The molecule has 0 bridgehead atoms. The summed E-state index contributed by atoms with van der Waals surface area (Å²) in [4.78, 5) is 9.81. The Morgan fingerprint density at radius 1 is 1.14 bits per heavy atom. The van der Waals surface area contributed by atoms with Gasteiger partial charge in [-0.15, -0.1) is 0 Å². The maximum Gasteiger partial charge on any atom is 0.307 e. The fraction of sp³-hybridized carbons (Fsp3) is 0.200. The van der Waals surface area contributed by atoms with Gasteiger partial charge in [-0.3, -0.25) is 10.1 Å². The van der Waals surface area contributed by atoms with Crippen molar-refractivity contribution in [3.8, 4) is 0 Å². The van der Waals surface area contributed by atoms with E-state index in [0.717, 1.165) is 22.8 Å². The van der Waals surface area contributed by atoms with Gasteiger partial charge in [0.25, 0.3) is 0 Å². The summed E-state index contributed by atoms with van der Waals surface area (Å²) < 4.78 is 26.9. The van der Waals surface area contributed by atoms with Crippen LogP contribution in [0.3, 0.4) is 0 Å². The van der Waals surface area contributed by atoms with Crippen LogP contribution in [0, 0.1) is 35.6 Å². The minimum atomic E-state index is -1.19. The van der Waals surface area contributed by atoms with Gasteiger partial charge < -0.3 is 5.32 Å². The number of rotatable bonds is 4. The molecule has 2 aromatic carbocycles. The third-order valence-corrected chi connectivity index (χ3v) is 3.33. The van der Waals surface area contributed by atoms with Gasteiger partial charge in [0.15, 0.2) is 0 Å². The van der Waals surface area contributed by atoms with Crippen LogP contribution in [0.15, 0.2) is 30.3 Å². The first-order valence-electron chi connectivity index (χ1n) is 6.32. The second kappa shape index (κ2) is 5.87. The van der Waals surface area contributed by atoms with Gasteiger partial charge in [0, 0.05) is 18.7 Å². The van der Waals surface area contributed by atoms with Crippen LogP contribution in [-0.2, 0) is 6.54 Å². The van der Waals surface area contributed by atoms with E-state index in [-0.39, 0.29) is 5.69 Å². The first-order chi connectivity index (χ1) is 9.90. The molecule has 0 aliphatic rings. The molecule has 4 nitrogen and oxygen atoms in total. The van der Waals surface area contributed by atoms with Gasteiger partial charge in [-0.1, -0.05) is 18.2 Å². The summed E-state index contributed by atoms with van der Waals surface area (Å²) in [5, 5.41) is 13.5. The molecule has 0 amide bonds. The number of nitro benzene ring substituents is 1. The van der Waals surface area contributed by atoms with Gasteiger partial charge in [-0.2, -0.15) is 4.39 Å². The van der Waals surface area contributed by atoms with Crippen LogP contribution >= 0.6 is 0 Å². The van der Waals surface area contributed by atoms with E-state index >= 15 is 0 Å². The average molecular weight is 292 g/mol. The summed E-state index contributed by atoms with van der Waals surface area (Å²) >= 11 is 0. The molecular weight excluding hydrogens is 278 g/mol. The molecule has 0 fully saturated rings. The SMILES string of the molecule is Cc1cccc(C)c1CNc1cc([N+](=O)[O-])c(F)cc1F. The molecule has 0 aromatic heterocycles. The smallest absolute Gasteiger partial charge is 0.307 e. The van der Waals surface area contributed by atoms with E-state index < -0.39 is 22.2 Å². The van der Waals surface area contributed by atoms with Crippen molar-refractivity contribution < 1.29 is 13.7 Å². The molecule has 21 heavy (non-hydrogen) atoms. The molecule has 6 heteroatoms. The van der Waals surface area contributed by atoms with Crippen LogP contribution in [-0.4, -0.2) is 4.92 Å². The largest absolute Gasteiger partial charge is 0.378 e. The van der Waals surface area contributed by atoms with Crippen LogP contribution in [0.5, 0.6) is 0 Å². The predicted molar refractivity (Wildman–Crippen MR) is 76.3 cm³/mol. The highest BCUT2D eigenvalue weighted by atomic mass is 19.1. The number of nitrogens with one attached hydrogen (secondary N) is 1. The van der Waals surface area contributed by atoms with E-state index in [9.17, 15) is 18.9 Å². The number of nitrogens with zero attached hydrogens (tertiary/aromatic N) is 1. The Bertz CT molecular complexity index is 682. The quantitative estimate of drug-likeness (QED) is 0.681. The summed E-state index contributed by atoms with van der Waals surface area (Å²) in [6, 6.07) is 7.15. The van der Waals surface area contributed by atoms with Crippen LogP contribution in [0.4, 0.5) is 20.2 Å². The lowest BCUT2D eigenvalue weighted by atomic mass is 10.0. The molecule has 2 aromatic rings. The monoisotopic (exact) mass is 292 g/mol. The zero-order valence-electron chi connectivity index (χ0n) is 11.6. The Morgan fingerprint density at radius 2 is 1.76 bits per heavy atom. The molecule has 0 spiro atoms. The van der Waals surface area contributed by atoms with Crippen LogP contribution in [0.25, 0.3) is 0 Å². The lowest BCUT2D eigenvalue weighted by molar-refractivity contribution is -0.387. The minimum absolute atomic E-state index is 0.0919. The summed E-state index contributed by atoms with van der Waals surface area (Å²) in [5.41, 5.74) is 2.19. The van der Waals surface area contributed by atoms with E-state index in [0.29, 0.717) is 12.6 Å². The van der Waals surface area contributed by atoms with Crippen molar-refractivity contribution in [3.63, 3.8) is 0 Å². The molecule has 110 valence electrons. The molecule has 0 saturated carbocycles. The van der Waals surface area contributed by atoms with Gasteiger partial charge in [-0.25, -0.2) is 4.39 Å². The predicted octanol–water partition coefficient (Wildman–Crippen LogP) is 4.10. The Hall–Kier alpha value is -2.50. The molecule has 1 N–H and O–H groups in total. The molecule has 0 aliphatic heterocycles. The number of halogens is 2. The van der Waals surface area contributed by atoms with Crippen molar-refractivity contribution >= 4 is 11.4 Å². The van der Waals surface area contributed by atoms with E-state index in [1.54, 1.807) is 0 Å². The van der Waals surface area contributed by atoms with Crippen molar-refractivity contribution in [2.45, 2.75) is 20.4 Å². The van der Waals surface area contributed by atoms with Gasteiger partial charge in [0.05, 0.1) is 10.6 Å². The number of nitro groups is 1. The minimum Gasteiger partial charge on any atom is -0.378 e. The number of benzene rings is 2. The Kier molecular flexibility index (Phi) is 4.16. The average Bonchev–Trinajstić information content (AvgIpc) is 2.39. The third kappa shape index (κ3) is 3.16. The fourth-order valence-corrected chi connectivity index (χ4v) is 2.12. The third-order valence-electron chi connectivity index (χ3n) is 3.33. The Balaban J connectivity index is 2.28. The number of anilines is 1. The van der Waals surface area contributed by atoms with Crippen LogP contribution < -0.4 is 5.32 Å². The number of hydrogen-bond acceptors (Lipinski definition) is 3. The Morgan fingerprint density at radius 3 is 2.33 bits per heavy atom. The van der Waals surface area contributed by atoms with E-state index in [1.165, 1.54) is 0 Å². The van der Waals surface area contributed by atoms with Crippen molar-refractivity contribution in [3.05, 3.63) is 68.8 Å². The molecule has 0 radical (unpaired) electrons. The standard InChI is InChI=1S/C15H14F2N2O2/c1-9-4-3-5-10(2)11(9)8-18-14-7-15(19(20)21)13(17)6-12(14)16/h3-7,18H,8H2,1-2H3. The topological polar surface area (TPSA) is 55.2 Å². The number of aryl methyl sites for hydroxylation is 2. The number of hydrogen-bond donors (Lipinski definition) is 1. The highest BCUT2D eigenvalue weighted by Gasteiger charge is 2.18. The zero-order chi connectivity index (χ0) is 15.6. The van der Waals surface area contributed by atoms with Crippen LogP contribution in [0.2, 0.25) is 0 Å². The normalized spacial score (nSPS) is 10.5. The van der Waals surface area contributed by atoms with Crippen LogP contribution in [0.1, 0.15) is 16.7 Å². The first kappa shape index (κ1) is 14.9. The second-order valence-electron chi connectivity index (χ2n) is 4.76. The van der Waals surface area contributed by atoms with Crippen molar-refractivity contribution in [1.29, 1.82) is 0 Å². The Labute approximate surface area is 120 Å². The van der Waals surface area contributed by atoms with Gasteiger partial charge in [0.2, 0.25) is 5.82 Å². The highest BCUT2D eigenvalue weighted by Crippen LogP contribution is 2.26. The summed E-state index contributed by atoms with van der Waals surface area (Å²) in [6.45, 7) is 4.15. The lowest BCUT2D eigenvalue weighted by Crippen LogP contribution is -2.06. The summed E-state index contributed by atoms with van der Waals surface area (Å²) in [6.07, 6.45) is 0. The first-order valence-corrected chi connectivity index (χ1v) is 6.32. The molecule has 0 heterocycles. The maximum atomic E-state index is 13.7. The maximum absolute atomic E-state index is 13.7. The summed E-state index contributed by atoms with van der Waals surface area (Å²) in [7, 11) is 0. The molecule has 0 atom stereocenters. The second-order valence-corrected chi connectivity index (χ2v) is 4.76. The molecular formula is C15H14F2N2O2. The molecule has 0 unspecified atom stereocenters. The zero-order valence-corrected chi connectivity index (χ0v) is 11.6. The van der Waals surface area contributed by atoms with Gasteiger partial charge >= 0.3 is 5.69 Å².